The molecule has 0 amide bonds. The summed E-state index contributed by atoms with van der Waals surface area (Å²) >= 11 is 2.44. The van der Waals surface area contributed by atoms with Crippen LogP contribution in [0.25, 0.3) is 0 Å². The van der Waals surface area contributed by atoms with Gasteiger partial charge in [0, 0.05) is 17.2 Å². The van der Waals surface area contributed by atoms with Crippen LogP contribution in [0.1, 0.15) is 35.2 Å². The van der Waals surface area contributed by atoms with E-state index in [9.17, 15) is 4.79 Å². The molecule has 26 heavy (non-hydrogen) atoms. The summed E-state index contributed by atoms with van der Waals surface area (Å²) < 4.78 is 8.49. The second kappa shape index (κ2) is 10.1. The number of halogens is 1. The number of benzene rings is 1. The molecule has 140 valence electrons. The number of aromatic nitrogens is 2. The summed E-state index contributed by atoms with van der Waals surface area (Å²) in [7, 11) is 0. The Morgan fingerprint density at radius 1 is 1.23 bits per heavy atom. The number of carbonyl (C=O) groups is 1. The quantitative estimate of drug-likeness (QED) is 0.337. The van der Waals surface area contributed by atoms with E-state index < -0.39 is 0 Å². The van der Waals surface area contributed by atoms with E-state index in [1.165, 1.54) is 43.3 Å². The van der Waals surface area contributed by atoms with Gasteiger partial charge in [-0.15, -0.1) is 0 Å². The van der Waals surface area contributed by atoms with Crippen LogP contribution in [0.4, 0.5) is 0 Å². The van der Waals surface area contributed by atoms with Crippen LogP contribution in [-0.4, -0.2) is 44.7 Å². The monoisotopic (exact) mass is 467 g/mol. The molecule has 6 heteroatoms. The molecule has 2 aromatic rings. The molecule has 1 saturated heterocycles. The Balaban J connectivity index is 1.44. The van der Waals surface area contributed by atoms with Gasteiger partial charge in [-0.25, -0.2) is 4.79 Å². The lowest BCUT2D eigenvalue weighted by Crippen LogP contribution is -2.35. The van der Waals surface area contributed by atoms with Crippen molar-refractivity contribution in [2.75, 3.05) is 24.1 Å². The summed E-state index contributed by atoms with van der Waals surface area (Å²) in [6.45, 7) is 4.74. The molecule has 1 aromatic heterocycles. The first-order chi connectivity index (χ1) is 12.7. The minimum absolute atomic E-state index is 0.292. The molecule has 0 saturated carbocycles. The largest absolute Gasteiger partial charge is 0.457 e. The van der Waals surface area contributed by atoms with Crippen molar-refractivity contribution in [2.24, 2.45) is 5.92 Å². The van der Waals surface area contributed by atoms with Gasteiger partial charge in [0.15, 0.2) is 0 Å². The molecule has 1 aliphatic heterocycles. The van der Waals surface area contributed by atoms with Gasteiger partial charge in [0.05, 0.1) is 11.8 Å². The highest BCUT2D eigenvalue weighted by Gasteiger charge is 2.20. The zero-order valence-corrected chi connectivity index (χ0v) is 17.2. The SMILES string of the molecule is O=C(OCc1ccccc1)c1cnn(CC2CCN(CCCI)CC2)c1. The first-order valence-electron chi connectivity index (χ1n) is 9.26. The summed E-state index contributed by atoms with van der Waals surface area (Å²) in [6, 6.07) is 9.72. The molecule has 0 N–H and O–H groups in total. The van der Waals surface area contributed by atoms with Crippen LogP contribution in [0.5, 0.6) is 0 Å². The minimum Gasteiger partial charge on any atom is -0.457 e. The molecule has 5 nitrogen and oxygen atoms in total. The van der Waals surface area contributed by atoms with Crippen LogP contribution in [0.3, 0.4) is 0 Å². The van der Waals surface area contributed by atoms with Crippen LogP contribution in [0, 0.1) is 5.92 Å². The highest BCUT2D eigenvalue weighted by atomic mass is 127. The first-order valence-corrected chi connectivity index (χ1v) is 10.8. The number of rotatable bonds is 8. The maximum atomic E-state index is 12.2. The van der Waals surface area contributed by atoms with Gasteiger partial charge in [-0.05, 0) is 50.4 Å². The number of piperidine rings is 1. The predicted molar refractivity (Wildman–Crippen MR) is 110 cm³/mol. The molecule has 0 atom stereocenters. The standard InChI is InChI=1S/C20H26IN3O2/c21-9-4-10-23-11-7-17(8-12-23)14-24-15-19(13-22-24)20(25)26-16-18-5-2-1-3-6-18/h1-3,5-6,13,15,17H,4,7-12,14,16H2. The fourth-order valence-corrected chi connectivity index (χ4v) is 3.66. The van der Waals surface area contributed by atoms with E-state index in [2.05, 4.69) is 32.6 Å². The normalized spacial score (nSPS) is 15.9. The van der Waals surface area contributed by atoms with Crippen molar-refractivity contribution in [3.63, 3.8) is 0 Å². The molecular weight excluding hydrogens is 441 g/mol. The average molecular weight is 467 g/mol. The maximum absolute atomic E-state index is 12.2. The molecule has 3 rings (SSSR count). The summed E-state index contributed by atoms with van der Waals surface area (Å²) in [5.41, 5.74) is 1.52. The third-order valence-electron chi connectivity index (χ3n) is 4.84. The minimum atomic E-state index is -0.311. The molecule has 0 radical (unpaired) electrons. The van der Waals surface area contributed by atoms with Crippen molar-refractivity contribution >= 4 is 28.6 Å². The second-order valence-corrected chi connectivity index (χ2v) is 7.92. The van der Waals surface area contributed by atoms with E-state index in [1.807, 2.05) is 41.2 Å². The van der Waals surface area contributed by atoms with Crippen LogP contribution in [0.2, 0.25) is 0 Å². The number of esters is 1. The molecule has 1 fully saturated rings. The van der Waals surface area contributed by atoms with Gasteiger partial charge in [0.1, 0.15) is 6.61 Å². The van der Waals surface area contributed by atoms with Crippen LogP contribution >= 0.6 is 22.6 Å². The number of carbonyl (C=O) groups excluding carboxylic acids is 1. The van der Waals surface area contributed by atoms with E-state index in [0.29, 0.717) is 18.1 Å². The second-order valence-electron chi connectivity index (χ2n) is 6.84. The molecule has 0 unspecified atom stereocenters. The van der Waals surface area contributed by atoms with Crippen molar-refractivity contribution in [3.05, 3.63) is 53.9 Å². The van der Waals surface area contributed by atoms with E-state index in [0.717, 1.165) is 12.1 Å². The molecule has 0 spiro atoms. The highest BCUT2D eigenvalue weighted by molar-refractivity contribution is 14.1. The number of ether oxygens (including phenoxy) is 1. The smallest absolute Gasteiger partial charge is 0.341 e. The Labute approximate surface area is 168 Å². The number of hydrogen-bond acceptors (Lipinski definition) is 4. The molecule has 0 aliphatic carbocycles. The fourth-order valence-electron chi connectivity index (χ4n) is 3.32. The molecule has 0 bridgehead atoms. The van der Waals surface area contributed by atoms with Crippen molar-refractivity contribution < 1.29 is 9.53 Å². The van der Waals surface area contributed by atoms with Crippen molar-refractivity contribution in [3.8, 4) is 0 Å². The van der Waals surface area contributed by atoms with Crippen LogP contribution < -0.4 is 0 Å². The predicted octanol–water partition coefficient (Wildman–Crippen LogP) is 3.78. The molecule has 1 aliphatic rings. The lowest BCUT2D eigenvalue weighted by Gasteiger charge is -2.31. The lowest BCUT2D eigenvalue weighted by molar-refractivity contribution is 0.0472. The zero-order chi connectivity index (χ0) is 18.2. The van der Waals surface area contributed by atoms with Gasteiger partial charge < -0.3 is 9.64 Å². The Morgan fingerprint density at radius 3 is 2.73 bits per heavy atom. The lowest BCUT2D eigenvalue weighted by atomic mass is 9.97. The number of nitrogens with zero attached hydrogens (tertiary/aromatic N) is 3. The van der Waals surface area contributed by atoms with Gasteiger partial charge in [0.25, 0.3) is 0 Å². The Hall–Kier alpha value is -1.41. The number of hydrogen-bond donors (Lipinski definition) is 0. The van der Waals surface area contributed by atoms with Gasteiger partial charge >= 0.3 is 5.97 Å². The third-order valence-corrected chi connectivity index (χ3v) is 5.60. The van der Waals surface area contributed by atoms with Crippen LogP contribution in [-0.2, 0) is 17.9 Å². The summed E-state index contributed by atoms with van der Waals surface area (Å²) in [5, 5.41) is 4.36. The van der Waals surface area contributed by atoms with E-state index in [-0.39, 0.29) is 5.97 Å². The highest BCUT2D eigenvalue weighted by Crippen LogP contribution is 2.19. The third kappa shape index (κ3) is 5.81. The van der Waals surface area contributed by atoms with Gasteiger partial charge in [-0.2, -0.15) is 5.10 Å². The molecular formula is C20H26IN3O2. The maximum Gasteiger partial charge on any atom is 0.341 e. The summed E-state index contributed by atoms with van der Waals surface area (Å²) in [4.78, 5) is 14.7. The number of likely N-dealkylation sites (tertiary alicyclic amines) is 1. The summed E-state index contributed by atoms with van der Waals surface area (Å²) in [5.74, 6) is 0.327. The van der Waals surface area contributed by atoms with Crippen LogP contribution in [0.15, 0.2) is 42.7 Å². The Kier molecular flexibility index (Phi) is 7.49. The van der Waals surface area contributed by atoms with Crippen molar-refractivity contribution in [1.82, 2.24) is 14.7 Å². The summed E-state index contributed by atoms with van der Waals surface area (Å²) in [6.07, 6.45) is 7.11. The molecule has 2 heterocycles. The number of alkyl halides is 1. The van der Waals surface area contributed by atoms with Gasteiger partial charge in [-0.3, -0.25) is 4.68 Å². The van der Waals surface area contributed by atoms with E-state index in [1.54, 1.807) is 6.20 Å². The van der Waals surface area contributed by atoms with E-state index in [4.69, 9.17) is 4.74 Å². The van der Waals surface area contributed by atoms with Gasteiger partial charge in [-0.1, -0.05) is 52.9 Å². The van der Waals surface area contributed by atoms with Crippen molar-refractivity contribution in [1.29, 1.82) is 0 Å². The topological polar surface area (TPSA) is 47.4 Å². The van der Waals surface area contributed by atoms with Gasteiger partial charge in [0.2, 0.25) is 0 Å². The first kappa shape index (κ1) is 19.4. The Morgan fingerprint density at radius 2 is 2.00 bits per heavy atom. The van der Waals surface area contributed by atoms with E-state index >= 15 is 0 Å². The fraction of sp³-hybridized carbons (Fsp3) is 0.500. The average Bonchev–Trinajstić information content (AvgIpc) is 3.15. The van der Waals surface area contributed by atoms with Crippen molar-refractivity contribution in [2.45, 2.75) is 32.4 Å². The zero-order valence-electron chi connectivity index (χ0n) is 15.0. The molecule has 1 aromatic carbocycles. The Bertz CT molecular complexity index is 681.